The van der Waals surface area contributed by atoms with Crippen molar-refractivity contribution in [3.05, 3.63) is 35.3 Å². The first-order chi connectivity index (χ1) is 7.61. The van der Waals surface area contributed by atoms with Crippen molar-refractivity contribution in [1.82, 2.24) is 4.98 Å². The molecule has 1 aromatic carbocycles. The van der Waals surface area contributed by atoms with Gasteiger partial charge in [0.25, 0.3) is 0 Å². The molecule has 0 saturated carbocycles. The molecule has 2 nitrogen and oxygen atoms in total. The number of nitrogens with zero attached hydrogens (tertiary/aromatic N) is 1. The second-order valence-corrected chi connectivity index (χ2v) is 4.07. The fourth-order valence-corrected chi connectivity index (χ4v) is 2.01. The molecule has 0 unspecified atom stereocenters. The van der Waals surface area contributed by atoms with E-state index < -0.39 is 0 Å². The van der Waals surface area contributed by atoms with E-state index in [2.05, 4.69) is 11.9 Å². The van der Waals surface area contributed by atoms with Gasteiger partial charge in [0, 0.05) is 22.8 Å². The Morgan fingerprint density at radius 2 is 2.06 bits per heavy atom. The van der Waals surface area contributed by atoms with Gasteiger partial charge in [0.2, 0.25) is 0 Å². The minimum absolute atomic E-state index is 0.259. The zero-order valence-corrected chi connectivity index (χ0v) is 9.55. The molecular formula is C13H15FN2. The van der Waals surface area contributed by atoms with Crippen LogP contribution in [0.5, 0.6) is 0 Å². The third-order valence-electron chi connectivity index (χ3n) is 2.66. The Morgan fingerprint density at radius 3 is 2.75 bits per heavy atom. The number of aromatic nitrogens is 1. The van der Waals surface area contributed by atoms with Gasteiger partial charge in [-0.25, -0.2) is 4.39 Å². The van der Waals surface area contributed by atoms with Crippen molar-refractivity contribution >= 4 is 16.6 Å². The smallest absolute Gasteiger partial charge is 0.125 e. The Hall–Kier alpha value is -1.64. The number of anilines is 1. The fraction of sp³-hybridized carbons (Fsp3) is 0.308. The van der Waals surface area contributed by atoms with Gasteiger partial charge < -0.3 is 5.73 Å². The number of nitrogens with two attached hydrogens (primary N) is 1. The summed E-state index contributed by atoms with van der Waals surface area (Å²) in [6.07, 6.45) is 1.88. The molecule has 0 aliphatic rings. The zero-order valence-electron chi connectivity index (χ0n) is 9.55. The normalized spacial score (nSPS) is 10.9. The first-order valence-electron chi connectivity index (χ1n) is 5.47. The van der Waals surface area contributed by atoms with Crippen LogP contribution < -0.4 is 5.73 Å². The maximum absolute atomic E-state index is 13.3. The zero-order chi connectivity index (χ0) is 11.7. The third kappa shape index (κ3) is 1.85. The number of hydrogen-bond acceptors (Lipinski definition) is 2. The predicted molar refractivity (Wildman–Crippen MR) is 64.8 cm³/mol. The molecule has 0 aliphatic carbocycles. The Bertz CT molecular complexity index is 535. The van der Waals surface area contributed by atoms with Gasteiger partial charge in [0.15, 0.2) is 0 Å². The fourth-order valence-electron chi connectivity index (χ4n) is 2.01. The first kappa shape index (κ1) is 10.9. The lowest BCUT2D eigenvalue weighted by molar-refractivity contribution is 0.628. The summed E-state index contributed by atoms with van der Waals surface area (Å²) in [5, 5.41) is 0.862. The predicted octanol–water partition coefficient (Wildman–Crippen LogP) is 3.22. The topological polar surface area (TPSA) is 38.9 Å². The SMILES string of the molecule is CCCc1cc(N)c2c(C)cc(F)cc2n1. The molecule has 0 spiro atoms. The molecule has 84 valence electrons. The van der Waals surface area contributed by atoms with E-state index in [1.165, 1.54) is 12.1 Å². The standard InChI is InChI=1S/C13H15FN2/c1-3-4-10-7-11(15)13-8(2)5-9(14)6-12(13)16-10/h5-7H,3-4H2,1-2H3,(H2,15,16). The van der Waals surface area contributed by atoms with E-state index in [4.69, 9.17) is 5.73 Å². The Kier molecular flexibility index (Phi) is 2.77. The molecule has 0 saturated heterocycles. The lowest BCUT2D eigenvalue weighted by atomic mass is 10.1. The quantitative estimate of drug-likeness (QED) is 0.840. The molecule has 1 heterocycles. The monoisotopic (exact) mass is 218 g/mol. The van der Waals surface area contributed by atoms with E-state index in [0.29, 0.717) is 11.2 Å². The molecule has 1 aromatic heterocycles. The molecule has 0 bridgehead atoms. The molecule has 0 atom stereocenters. The number of halogens is 1. The van der Waals surface area contributed by atoms with E-state index in [1.807, 2.05) is 13.0 Å². The van der Waals surface area contributed by atoms with Crippen LogP contribution in [0.25, 0.3) is 10.9 Å². The summed E-state index contributed by atoms with van der Waals surface area (Å²) in [7, 11) is 0. The van der Waals surface area contributed by atoms with E-state index in [0.717, 1.165) is 29.5 Å². The van der Waals surface area contributed by atoms with Gasteiger partial charge in [-0.2, -0.15) is 0 Å². The maximum Gasteiger partial charge on any atom is 0.125 e. The summed E-state index contributed by atoms with van der Waals surface area (Å²) in [4.78, 5) is 4.43. The number of hydrogen-bond donors (Lipinski definition) is 1. The second-order valence-electron chi connectivity index (χ2n) is 4.07. The van der Waals surface area contributed by atoms with Crippen LogP contribution in [0.2, 0.25) is 0 Å². The van der Waals surface area contributed by atoms with Gasteiger partial charge in [0.1, 0.15) is 5.82 Å². The maximum atomic E-state index is 13.3. The minimum Gasteiger partial charge on any atom is -0.398 e. The Balaban J connectivity index is 2.71. The highest BCUT2D eigenvalue weighted by Gasteiger charge is 2.07. The molecule has 2 aromatic rings. The summed E-state index contributed by atoms with van der Waals surface area (Å²) in [5.74, 6) is -0.259. The van der Waals surface area contributed by atoms with E-state index in [1.54, 1.807) is 0 Å². The van der Waals surface area contributed by atoms with Crippen molar-refractivity contribution in [2.75, 3.05) is 5.73 Å². The summed E-state index contributed by atoms with van der Waals surface area (Å²) < 4.78 is 13.3. The van der Waals surface area contributed by atoms with Gasteiger partial charge in [-0.3, -0.25) is 4.98 Å². The average Bonchev–Trinajstić information content (AvgIpc) is 2.15. The summed E-state index contributed by atoms with van der Waals surface area (Å²) in [6, 6.07) is 4.81. The number of rotatable bonds is 2. The van der Waals surface area contributed by atoms with Crippen LogP contribution in [0.4, 0.5) is 10.1 Å². The molecule has 0 amide bonds. The third-order valence-corrected chi connectivity index (χ3v) is 2.66. The van der Waals surface area contributed by atoms with Crippen molar-refractivity contribution in [2.24, 2.45) is 0 Å². The van der Waals surface area contributed by atoms with Crippen LogP contribution in [0.1, 0.15) is 24.6 Å². The van der Waals surface area contributed by atoms with Crippen LogP contribution >= 0.6 is 0 Å². The van der Waals surface area contributed by atoms with E-state index >= 15 is 0 Å². The number of nitrogen functional groups attached to an aromatic ring is 1. The highest BCUT2D eigenvalue weighted by molar-refractivity contribution is 5.93. The molecular weight excluding hydrogens is 203 g/mol. The average molecular weight is 218 g/mol. The van der Waals surface area contributed by atoms with Crippen LogP contribution in [0.15, 0.2) is 18.2 Å². The second kappa shape index (κ2) is 4.08. The van der Waals surface area contributed by atoms with Gasteiger partial charge >= 0.3 is 0 Å². The van der Waals surface area contributed by atoms with Gasteiger partial charge in [0.05, 0.1) is 5.52 Å². The number of fused-ring (bicyclic) bond motifs is 1. The first-order valence-corrected chi connectivity index (χ1v) is 5.47. The van der Waals surface area contributed by atoms with Crippen molar-refractivity contribution in [1.29, 1.82) is 0 Å². The number of aryl methyl sites for hydroxylation is 2. The highest BCUT2D eigenvalue weighted by Crippen LogP contribution is 2.25. The van der Waals surface area contributed by atoms with Crippen molar-refractivity contribution in [3.8, 4) is 0 Å². The van der Waals surface area contributed by atoms with Crippen molar-refractivity contribution in [2.45, 2.75) is 26.7 Å². The number of pyridine rings is 1. The lowest BCUT2D eigenvalue weighted by Crippen LogP contribution is -1.97. The van der Waals surface area contributed by atoms with Crippen LogP contribution in [0, 0.1) is 12.7 Å². The molecule has 0 fully saturated rings. The van der Waals surface area contributed by atoms with Crippen LogP contribution in [-0.4, -0.2) is 4.98 Å². The Morgan fingerprint density at radius 1 is 1.31 bits per heavy atom. The van der Waals surface area contributed by atoms with Gasteiger partial charge in [-0.05, 0) is 31.0 Å². The van der Waals surface area contributed by atoms with Gasteiger partial charge in [-0.15, -0.1) is 0 Å². The van der Waals surface area contributed by atoms with Crippen molar-refractivity contribution in [3.63, 3.8) is 0 Å². The molecule has 0 radical (unpaired) electrons. The Labute approximate surface area is 94.3 Å². The van der Waals surface area contributed by atoms with E-state index in [9.17, 15) is 4.39 Å². The minimum atomic E-state index is -0.259. The summed E-state index contributed by atoms with van der Waals surface area (Å²) >= 11 is 0. The van der Waals surface area contributed by atoms with Crippen LogP contribution in [-0.2, 0) is 6.42 Å². The summed E-state index contributed by atoms with van der Waals surface area (Å²) in [6.45, 7) is 3.93. The number of benzene rings is 1. The lowest BCUT2D eigenvalue weighted by Gasteiger charge is -2.08. The van der Waals surface area contributed by atoms with Gasteiger partial charge in [-0.1, -0.05) is 13.3 Å². The summed E-state index contributed by atoms with van der Waals surface area (Å²) in [5.41, 5.74) is 9.08. The molecule has 16 heavy (non-hydrogen) atoms. The molecule has 0 aliphatic heterocycles. The molecule has 2 rings (SSSR count). The molecule has 2 N–H and O–H groups in total. The highest BCUT2D eigenvalue weighted by atomic mass is 19.1. The van der Waals surface area contributed by atoms with Crippen molar-refractivity contribution < 1.29 is 4.39 Å². The van der Waals surface area contributed by atoms with E-state index in [-0.39, 0.29) is 5.82 Å². The van der Waals surface area contributed by atoms with Crippen LogP contribution in [0.3, 0.4) is 0 Å². The molecule has 3 heteroatoms. The largest absolute Gasteiger partial charge is 0.398 e.